The van der Waals surface area contributed by atoms with E-state index in [-0.39, 0.29) is 19.0 Å². The van der Waals surface area contributed by atoms with Gasteiger partial charge in [-0.1, -0.05) is 0 Å². The third-order valence-electron chi connectivity index (χ3n) is 5.53. The van der Waals surface area contributed by atoms with Crippen molar-refractivity contribution in [2.75, 3.05) is 17.2 Å². The molecular formula is C21H22ClN7O3S. The molecule has 4 heterocycles. The molecule has 1 saturated carbocycles. The van der Waals surface area contributed by atoms with Gasteiger partial charge in [0.25, 0.3) is 0 Å². The number of aliphatic hydroxyl groups excluding tert-OH is 3. The van der Waals surface area contributed by atoms with Crippen molar-refractivity contribution in [3.05, 3.63) is 49.2 Å². The van der Waals surface area contributed by atoms with Crippen molar-refractivity contribution in [2.45, 2.75) is 24.7 Å². The van der Waals surface area contributed by atoms with Crippen LogP contribution in [0.5, 0.6) is 0 Å². The van der Waals surface area contributed by atoms with E-state index in [2.05, 4.69) is 35.6 Å². The number of hydrogen-bond donors (Lipinski definition) is 5. The van der Waals surface area contributed by atoms with Crippen LogP contribution in [-0.4, -0.2) is 60.1 Å². The zero-order chi connectivity index (χ0) is 22.1. The molecule has 4 aromatic heterocycles. The minimum Gasteiger partial charge on any atom is -1.00 e. The molecule has 12 heteroatoms. The number of aromatic nitrogens is 5. The molecule has 172 valence electrons. The molecule has 4 atom stereocenters. The van der Waals surface area contributed by atoms with Crippen LogP contribution in [0.1, 0.15) is 6.42 Å². The highest BCUT2D eigenvalue weighted by Gasteiger charge is 2.41. The maximum atomic E-state index is 10.5. The van der Waals surface area contributed by atoms with E-state index in [1.165, 1.54) is 11.3 Å². The summed E-state index contributed by atoms with van der Waals surface area (Å²) in [6, 6.07) is 5.10. The Hall–Kier alpha value is -2.96. The lowest BCUT2D eigenvalue weighted by Crippen LogP contribution is -3.00. The lowest BCUT2D eigenvalue weighted by molar-refractivity contribution is -0.377. The number of H-pyrrole nitrogens is 1. The molecule has 10 nitrogen and oxygen atoms in total. The average molecular weight is 488 g/mol. The Bertz CT molecular complexity index is 1200. The first-order chi connectivity index (χ1) is 15.6. The summed E-state index contributed by atoms with van der Waals surface area (Å²) in [6.07, 6.45) is 7.08. The van der Waals surface area contributed by atoms with Crippen LogP contribution in [0.2, 0.25) is 0 Å². The number of aliphatic hydroxyl groups is 3. The number of hydrogen-bond acceptors (Lipinski definition) is 10. The van der Waals surface area contributed by atoms with Gasteiger partial charge in [0.15, 0.2) is 12.4 Å². The van der Waals surface area contributed by atoms with Gasteiger partial charge in [-0.05, 0) is 18.6 Å². The van der Waals surface area contributed by atoms with Crippen LogP contribution in [0.4, 0.5) is 17.5 Å². The molecule has 4 aromatic rings. The van der Waals surface area contributed by atoms with E-state index in [1.54, 1.807) is 31.0 Å². The molecule has 0 aromatic carbocycles. The van der Waals surface area contributed by atoms with Gasteiger partial charge < -0.3 is 38.4 Å². The van der Waals surface area contributed by atoms with Crippen LogP contribution in [-0.2, 0) is 0 Å². The van der Waals surface area contributed by atoms with Crippen molar-refractivity contribution >= 4 is 39.0 Å². The van der Waals surface area contributed by atoms with Crippen LogP contribution in [0.3, 0.4) is 0 Å². The molecule has 6 N–H and O–H groups in total. The van der Waals surface area contributed by atoms with Crippen molar-refractivity contribution in [3.63, 3.8) is 0 Å². The lowest BCUT2D eigenvalue weighted by Gasteiger charge is -2.20. The Morgan fingerprint density at radius 3 is 2.76 bits per heavy atom. The van der Waals surface area contributed by atoms with Crippen LogP contribution in [0.25, 0.3) is 20.8 Å². The van der Waals surface area contributed by atoms with Crippen LogP contribution in [0.15, 0.2) is 49.2 Å². The van der Waals surface area contributed by atoms with Crippen LogP contribution in [0, 0.1) is 5.92 Å². The number of pyridine rings is 2. The molecule has 0 saturated heterocycles. The van der Waals surface area contributed by atoms with Crippen molar-refractivity contribution < 1.29 is 32.7 Å². The van der Waals surface area contributed by atoms with Crippen molar-refractivity contribution in [2.24, 2.45) is 5.92 Å². The van der Waals surface area contributed by atoms with Gasteiger partial charge in [-0.15, -0.1) is 11.3 Å². The number of nitrogens with one attached hydrogen (secondary N) is 3. The van der Waals surface area contributed by atoms with E-state index in [0.717, 1.165) is 15.9 Å². The van der Waals surface area contributed by atoms with E-state index in [9.17, 15) is 15.3 Å². The first-order valence-corrected chi connectivity index (χ1v) is 11.0. The molecule has 5 rings (SSSR count). The number of aromatic amines is 1. The number of nitrogens with zero attached hydrogens (tertiary/aromatic N) is 4. The molecule has 0 aliphatic heterocycles. The van der Waals surface area contributed by atoms with Gasteiger partial charge in [-0.25, -0.2) is 15.0 Å². The highest BCUT2D eigenvalue weighted by atomic mass is 35.5. The van der Waals surface area contributed by atoms with Crippen molar-refractivity contribution in [1.29, 1.82) is 0 Å². The zero-order valence-corrected chi connectivity index (χ0v) is 18.8. The summed E-state index contributed by atoms with van der Waals surface area (Å²) in [5.41, 5.74) is 2.28. The fourth-order valence-corrected chi connectivity index (χ4v) is 4.77. The van der Waals surface area contributed by atoms with Crippen molar-refractivity contribution in [1.82, 2.24) is 19.9 Å². The fourth-order valence-electron chi connectivity index (χ4n) is 3.83. The monoisotopic (exact) mass is 487 g/mol. The molecule has 1 aliphatic rings. The van der Waals surface area contributed by atoms with Crippen molar-refractivity contribution in [3.8, 4) is 10.6 Å². The summed E-state index contributed by atoms with van der Waals surface area (Å²) in [4.78, 5) is 20.9. The number of fused-ring (bicyclic) bond motifs is 1. The first kappa shape index (κ1) is 23.2. The van der Waals surface area contributed by atoms with Crippen LogP contribution < -0.4 is 28.0 Å². The minimum absolute atomic E-state index is 0. The number of rotatable bonds is 6. The molecular weight excluding hydrogens is 466 g/mol. The number of thiazole rings is 1. The molecule has 1 aliphatic carbocycles. The minimum atomic E-state index is -1.03. The SMILES string of the molecule is OC[C@H]1C[C@@H](Nc2nc(Nc3ccc[nH+]c3)ncc2-c2nc3ccncc3s2)[C@H](O)[C@@H]1O.[Cl-]. The largest absolute Gasteiger partial charge is 1.00 e. The zero-order valence-electron chi connectivity index (χ0n) is 17.3. The van der Waals surface area contributed by atoms with E-state index in [4.69, 9.17) is 0 Å². The van der Waals surface area contributed by atoms with Gasteiger partial charge in [-0.3, -0.25) is 4.98 Å². The molecule has 0 radical (unpaired) electrons. The second kappa shape index (κ2) is 9.89. The summed E-state index contributed by atoms with van der Waals surface area (Å²) in [7, 11) is 0. The van der Waals surface area contributed by atoms with Crippen LogP contribution >= 0.6 is 11.3 Å². The summed E-state index contributed by atoms with van der Waals surface area (Å²) in [5, 5.41) is 37.3. The van der Waals surface area contributed by atoms with Gasteiger partial charge in [0.2, 0.25) is 5.95 Å². The Balaban J connectivity index is 0.00000259. The Morgan fingerprint density at radius 2 is 2.03 bits per heavy atom. The van der Waals surface area contributed by atoms with Gasteiger partial charge in [-0.2, -0.15) is 4.98 Å². The predicted molar refractivity (Wildman–Crippen MR) is 119 cm³/mol. The number of anilines is 3. The Kier molecular flexibility index (Phi) is 6.96. The normalized spacial score (nSPS) is 22.2. The van der Waals surface area contributed by atoms with Gasteiger partial charge in [0.1, 0.15) is 22.6 Å². The Labute approximate surface area is 199 Å². The third-order valence-corrected chi connectivity index (χ3v) is 6.57. The first-order valence-electron chi connectivity index (χ1n) is 10.2. The summed E-state index contributed by atoms with van der Waals surface area (Å²) in [6.45, 7) is -0.199. The predicted octanol–water partition coefficient (Wildman–Crippen LogP) is -1.78. The maximum absolute atomic E-state index is 10.5. The smallest absolute Gasteiger partial charge is 0.229 e. The van der Waals surface area contributed by atoms with E-state index in [1.807, 2.05) is 18.2 Å². The molecule has 0 unspecified atom stereocenters. The summed E-state index contributed by atoms with van der Waals surface area (Å²) < 4.78 is 0.937. The molecule has 0 spiro atoms. The maximum Gasteiger partial charge on any atom is 0.229 e. The summed E-state index contributed by atoms with van der Waals surface area (Å²) >= 11 is 1.47. The standard InChI is InChI=1S/C21H21N7O3S.ClH/c29-10-11-6-15(18(31)17(11)30)26-19-13(20-27-14-3-5-23-9-16(14)32-20)8-24-21(28-19)25-12-2-1-4-22-7-12;/h1-5,7-9,11,15,17-18,29-31H,6,10H2,(H2,24,25,26,28);1H/t11-,15-,17-,18+;/m1./s1. The highest BCUT2D eigenvalue weighted by Crippen LogP contribution is 2.36. The average Bonchev–Trinajstić information content (AvgIpc) is 3.36. The third kappa shape index (κ3) is 4.72. The molecule has 1 fully saturated rings. The summed E-state index contributed by atoms with van der Waals surface area (Å²) in [5.74, 6) is 0.438. The van der Waals surface area contributed by atoms with Gasteiger partial charge in [0, 0.05) is 37.2 Å². The molecule has 0 bridgehead atoms. The van der Waals surface area contributed by atoms with E-state index in [0.29, 0.717) is 28.8 Å². The highest BCUT2D eigenvalue weighted by molar-refractivity contribution is 7.21. The van der Waals surface area contributed by atoms with Gasteiger partial charge in [0.05, 0.1) is 27.9 Å². The van der Waals surface area contributed by atoms with E-state index < -0.39 is 24.2 Å². The van der Waals surface area contributed by atoms with Gasteiger partial charge >= 0.3 is 0 Å². The molecule has 0 amide bonds. The molecule has 33 heavy (non-hydrogen) atoms. The lowest BCUT2D eigenvalue weighted by atomic mass is 10.1. The topological polar surface area (TPSA) is 150 Å². The fraction of sp³-hybridized carbons (Fsp3) is 0.286. The Morgan fingerprint density at radius 1 is 1.15 bits per heavy atom. The second-order valence-electron chi connectivity index (χ2n) is 7.65. The quantitative estimate of drug-likeness (QED) is 0.213. The number of halogens is 1. The van der Waals surface area contributed by atoms with E-state index >= 15 is 0 Å². The second-order valence-corrected chi connectivity index (χ2v) is 8.68.